The molecule has 0 spiro atoms. The number of piperazine rings is 1. The molecule has 1 saturated carbocycles. The molecule has 0 aromatic rings. The maximum atomic E-state index is 11.0. The summed E-state index contributed by atoms with van der Waals surface area (Å²) in [6.07, 6.45) is 2.79. The van der Waals surface area contributed by atoms with Gasteiger partial charge in [-0.15, -0.1) is 0 Å². The third-order valence-corrected chi connectivity index (χ3v) is 4.93. The van der Waals surface area contributed by atoms with Gasteiger partial charge in [0, 0.05) is 38.3 Å². The number of rotatable bonds is 2. The Morgan fingerprint density at radius 3 is 2.47 bits per heavy atom. The topological polar surface area (TPSA) is 76.0 Å². The number of carbonyl (C=O) groups is 1. The standard InChI is InChI=1S/C13H23N3O3/c17-12(18)9-1-3-10(4-2-9)16-8-11-7-14-5-6-15(11)13(16)19/h9-11,13-14,19H,1-8H2,(H,17,18). The molecule has 0 radical (unpaired) electrons. The second-order valence-electron chi connectivity index (χ2n) is 5.98. The van der Waals surface area contributed by atoms with Crippen LogP contribution >= 0.6 is 0 Å². The Labute approximate surface area is 113 Å². The summed E-state index contributed by atoms with van der Waals surface area (Å²) in [4.78, 5) is 15.3. The maximum absolute atomic E-state index is 11.0. The number of hydrogen-bond acceptors (Lipinski definition) is 5. The van der Waals surface area contributed by atoms with Crippen molar-refractivity contribution in [2.75, 3.05) is 26.2 Å². The zero-order valence-corrected chi connectivity index (χ0v) is 11.2. The average molecular weight is 269 g/mol. The van der Waals surface area contributed by atoms with E-state index in [4.69, 9.17) is 5.11 Å². The van der Waals surface area contributed by atoms with Gasteiger partial charge in [0.2, 0.25) is 0 Å². The van der Waals surface area contributed by atoms with Gasteiger partial charge in [0.05, 0.1) is 5.92 Å². The van der Waals surface area contributed by atoms with Crippen molar-refractivity contribution >= 4 is 5.97 Å². The minimum absolute atomic E-state index is 0.180. The lowest BCUT2D eigenvalue weighted by atomic mass is 9.85. The molecule has 0 aromatic carbocycles. The van der Waals surface area contributed by atoms with Crippen LogP contribution < -0.4 is 5.32 Å². The summed E-state index contributed by atoms with van der Waals surface area (Å²) < 4.78 is 0. The first-order valence-corrected chi connectivity index (χ1v) is 7.30. The van der Waals surface area contributed by atoms with Gasteiger partial charge in [-0.2, -0.15) is 0 Å². The van der Waals surface area contributed by atoms with Crippen molar-refractivity contribution in [2.45, 2.75) is 44.1 Å². The van der Waals surface area contributed by atoms with Crippen LogP contribution in [0, 0.1) is 5.92 Å². The van der Waals surface area contributed by atoms with Crippen LogP contribution in [0.4, 0.5) is 0 Å². The molecule has 3 fully saturated rings. The molecule has 2 atom stereocenters. The molecule has 3 aliphatic rings. The number of aliphatic hydroxyl groups excluding tert-OH is 1. The maximum Gasteiger partial charge on any atom is 0.306 e. The molecule has 6 heteroatoms. The number of hydrogen-bond donors (Lipinski definition) is 3. The summed E-state index contributed by atoms with van der Waals surface area (Å²) in [6, 6.07) is 0.747. The molecule has 108 valence electrons. The van der Waals surface area contributed by atoms with Gasteiger partial charge in [0.25, 0.3) is 0 Å². The van der Waals surface area contributed by atoms with Crippen molar-refractivity contribution in [3.63, 3.8) is 0 Å². The molecule has 0 amide bonds. The highest BCUT2D eigenvalue weighted by Gasteiger charge is 2.43. The van der Waals surface area contributed by atoms with E-state index >= 15 is 0 Å². The molecule has 3 rings (SSSR count). The molecular weight excluding hydrogens is 246 g/mol. The van der Waals surface area contributed by atoms with Gasteiger partial charge in [-0.25, -0.2) is 0 Å². The van der Waals surface area contributed by atoms with E-state index in [9.17, 15) is 9.90 Å². The third-order valence-electron chi connectivity index (χ3n) is 4.93. The van der Waals surface area contributed by atoms with Gasteiger partial charge in [-0.3, -0.25) is 14.6 Å². The van der Waals surface area contributed by atoms with Crippen molar-refractivity contribution in [2.24, 2.45) is 5.92 Å². The van der Waals surface area contributed by atoms with Crippen molar-refractivity contribution in [1.82, 2.24) is 15.1 Å². The fourth-order valence-corrected chi connectivity index (χ4v) is 3.77. The molecule has 2 heterocycles. The van der Waals surface area contributed by atoms with E-state index in [0.717, 1.165) is 51.9 Å². The lowest BCUT2D eigenvalue weighted by molar-refractivity contribution is -0.143. The fraction of sp³-hybridized carbons (Fsp3) is 0.923. The zero-order chi connectivity index (χ0) is 13.4. The molecule has 2 aliphatic heterocycles. The molecule has 6 nitrogen and oxygen atoms in total. The molecular formula is C13H23N3O3. The van der Waals surface area contributed by atoms with E-state index in [2.05, 4.69) is 15.1 Å². The Morgan fingerprint density at radius 2 is 1.84 bits per heavy atom. The van der Waals surface area contributed by atoms with Crippen LogP contribution in [0.5, 0.6) is 0 Å². The Hall–Kier alpha value is -0.690. The zero-order valence-electron chi connectivity index (χ0n) is 11.2. The van der Waals surface area contributed by atoms with Crippen molar-refractivity contribution < 1.29 is 15.0 Å². The highest BCUT2D eigenvalue weighted by molar-refractivity contribution is 5.70. The highest BCUT2D eigenvalue weighted by Crippen LogP contribution is 2.32. The first-order valence-electron chi connectivity index (χ1n) is 7.30. The number of carboxylic acids is 1. The summed E-state index contributed by atoms with van der Waals surface area (Å²) in [5.41, 5.74) is 0. The number of nitrogens with one attached hydrogen (secondary N) is 1. The van der Waals surface area contributed by atoms with E-state index in [0.29, 0.717) is 12.1 Å². The molecule has 0 aromatic heterocycles. The summed E-state index contributed by atoms with van der Waals surface area (Å²) in [7, 11) is 0. The fourth-order valence-electron chi connectivity index (χ4n) is 3.77. The molecule has 19 heavy (non-hydrogen) atoms. The second kappa shape index (κ2) is 5.36. The van der Waals surface area contributed by atoms with Crippen molar-refractivity contribution in [1.29, 1.82) is 0 Å². The summed E-state index contributed by atoms with van der Waals surface area (Å²) in [6.45, 7) is 3.68. The van der Waals surface area contributed by atoms with Gasteiger partial charge in [0.1, 0.15) is 0 Å². The van der Waals surface area contributed by atoms with Crippen LogP contribution in [-0.2, 0) is 4.79 Å². The molecule has 1 aliphatic carbocycles. The Bertz CT molecular complexity index is 344. The first-order chi connectivity index (χ1) is 9.16. The third kappa shape index (κ3) is 2.50. The number of nitrogens with zero attached hydrogens (tertiary/aromatic N) is 2. The molecule has 2 saturated heterocycles. The average Bonchev–Trinajstić information content (AvgIpc) is 2.77. The van der Waals surface area contributed by atoms with Gasteiger partial charge < -0.3 is 15.5 Å². The van der Waals surface area contributed by atoms with Crippen LogP contribution in [0.2, 0.25) is 0 Å². The second-order valence-corrected chi connectivity index (χ2v) is 5.98. The van der Waals surface area contributed by atoms with E-state index in [1.165, 1.54) is 0 Å². The Balaban J connectivity index is 1.60. The van der Waals surface area contributed by atoms with Crippen LogP contribution in [-0.4, -0.2) is 70.6 Å². The van der Waals surface area contributed by atoms with Crippen LogP contribution in [0.3, 0.4) is 0 Å². The lowest BCUT2D eigenvalue weighted by Crippen LogP contribution is -2.52. The Morgan fingerprint density at radius 1 is 1.11 bits per heavy atom. The van der Waals surface area contributed by atoms with Crippen LogP contribution in [0.15, 0.2) is 0 Å². The van der Waals surface area contributed by atoms with Crippen molar-refractivity contribution in [3.05, 3.63) is 0 Å². The Kier molecular flexibility index (Phi) is 3.75. The minimum atomic E-state index is -0.665. The first kappa shape index (κ1) is 13.3. The number of fused-ring (bicyclic) bond motifs is 1. The minimum Gasteiger partial charge on any atom is -0.481 e. The van der Waals surface area contributed by atoms with Gasteiger partial charge in [-0.1, -0.05) is 0 Å². The monoisotopic (exact) mass is 269 g/mol. The SMILES string of the molecule is O=C(O)C1CCC(N2CC3CNCCN3C2O)CC1. The van der Waals surface area contributed by atoms with Crippen molar-refractivity contribution in [3.8, 4) is 0 Å². The molecule has 0 bridgehead atoms. The van der Waals surface area contributed by atoms with E-state index in [-0.39, 0.29) is 5.92 Å². The predicted molar refractivity (Wildman–Crippen MR) is 69.5 cm³/mol. The summed E-state index contributed by atoms with van der Waals surface area (Å²) in [5.74, 6) is -0.845. The van der Waals surface area contributed by atoms with E-state index in [1.54, 1.807) is 0 Å². The summed E-state index contributed by atoms with van der Waals surface area (Å²) >= 11 is 0. The quantitative estimate of drug-likeness (QED) is 0.627. The molecule has 2 unspecified atom stereocenters. The summed E-state index contributed by atoms with van der Waals surface area (Å²) in [5, 5.41) is 22.8. The van der Waals surface area contributed by atoms with Crippen LogP contribution in [0.25, 0.3) is 0 Å². The van der Waals surface area contributed by atoms with Crippen LogP contribution in [0.1, 0.15) is 25.7 Å². The smallest absolute Gasteiger partial charge is 0.306 e. The van der Waals surface area contributed by atoms with E-state index in [1.807, 2.05) is 0 Å². The van der Waals surface area contributed by atoms with Gasteiger partial charge in [0.15, 0.2) is 6.35 Å². The number of aliphatic carboxylic acids is 1. The predicted octanol–water partition coefficient (Wildman–Crippen LogP) is -0.505. The van der Waals surface area contributed by atoms with E-state index < -0.39 is 12.3 Å². The largest absolute Gasteiger partial charge is 0.481 e. The lowest BCUT2D eigenvalue weighted by Gasteiger charge is -2.36. The van der Waals surface area contributed by atoms with Gasteiger partial charge >= 0.3 is 5.97 Å². The molecule has 3 N–H and O–H groups in total. The number of aliphatic hydroxyl groups is 1. The van der Waals surface area contributed by atoms with Gasteiger partial charge in [-0.05, 0) is 25.7 Å². The number of carboxylic acid groups (broad SMARTS) is 1. The normalized spacial score (nSPS) is 41.1. The highest BCUT2D eigenvalue weighted by atomic mass is 16.4.